The van der Waals surface area contributed by atoms with E-state index in [1.807, 2.05) is 0 Å². The third-order valence-electron chi connectivity index (χ3n) is 3.81. The van der Waals surface area contributed by atoms with Crippen molar-refractivity contribution >= 4 is 22.7 Å². The van der Waals surface area contributed by atoms with E-state index in [4.69, 9.17) is 4.42 Å². The maximum absolute atomic E-state index is 12.1. The van der Waals surface area contributed by atoms with Crippen LogP contribution >= 0.6 is 0 Å². The molecule has 0 saturated heterocycles. The summed E-state index contributed by atoms with van der Waals surface area (Å²) < 4.78 is 6.45. The van der Waals surface area contributed by atoms with Crippen molar-refractivity contribution in [1.82, 2.24) is 9.47 Å². The minimum atomic E-state index is -0.594. The van der Waals surface area contributed by atoms with Gasteiger partial charge < -0.3 is 9.32 Å². The Bertz CT molecular complexity index is 1010. The van der Waals surface area contributed by atoms with E-state index in [2.05, 4.69) is 0 Å². The zero-order valence-corrected chi connectivity index (χ0v) is 13.6. The Morgan fingerprint density at radius 2 is 1.88 bits per heavy atom. The number of aromatic nitrogens is 1. The fourth-order valence-corrected chi connectivity index (χ4v) is 2.51. The van der Waals surface area contributed by atoms with Crippen molar-refractivity contribution in [1.29, 1.82) is 0 Å². The van der Waals surface area contributed by atoms with Crippen molar-refractivity contribution in [3.8, 4) is 0 Å². The average Bonchev–Trinajstić information content (AvgIpc) is 2.89. The van der Waals surface area contributed by atoms with Gasteiger partial charge in [0.2, 0.25) is 0 Å². The number of fused-ring (bicyclic) bond motifs is 1. The van der Waals surface area contributed by atoms with Crippen LogP contribution in [0.1, 0.15) is 15.9 Å². The third-order valence-corrected chi connectivity index (χ3v) is 3.81. The van der Waals surface area contributed by atoms with Crippen molar-refractivity contribution in [3.63, 3.8) is 0 Å². The Morgan fingerprint density at radius 1 is 1.20 bits per heavy atom. The van der Waals surface area contributed by atoms with Crippen LogP contribution in [0.3, 0.4) is 0 Å². The molecule has 3 rings (SSSR count). The molecule has 1 amide bonds. The lowest BCUT2D eigenvalue weighted by Gasteiger charge is -2.10. The summed E-state index contributed by atoms with van der Waals surface area (Å²) in [4.78, 5) is 35.8. The number of amides is 1. The van der Waals surface area contributed by atoms with Gasteiger partial charge in [-0.1, -0.05) is 12.1 Å². The topological polar surface area (TPSA) is 98.6 Å². The van der Waals surface area contributed by atoms with Crippen molar-refractivity contribution in [2.45, 2.75) is 6.54 Å². The molecule has 3 aromatic rings. The van der Waals surface area contributed by atoms with Gasteiger partial charge in [-0.3, -0.25) is 19.5 Å². The van der Waals surface area contributed by atoms with Crippen molar-refractivity contribution in [2.75, 3.05) is 14.1 Å². The van der Waals surface area contributed by atoms with Gasteiger partial charge in [0.25, 0.3) is 11.6 Å². The first-order chi connectivity index (χ1) is 11.9. The summed E-state index contributed by atoms with van der Waals surface area (Å²) >= 11 is 0. The predicted octanol–water partition coefficient (Wildman–Crippen LogP) is 2.25. The normalized spacial score (nSPS) is 10.8. The molecule has 0 spiro atoms. The van der Waals surface area contributed by atoms with Crippen molar-refractivity contribution < 1.29 is 14.1 Å². The number of rotatable bonds is 4. The summed E-state index contributed by atoms with van der Waals surface area (Å²) in [6.45, 7) is 0.184. The molecule has 0 unspecified atom stereocenters. The van der Waals surface area contributed by atoms with Crippen LogP contribution in [0, 0.1) is 10.1 Å². The number of hydrogen-bond donors (Lipinski definition) is 0. The van der Waals surface area contributed by atoms with E-state index in [-0.39, 0.29) is 23.7 Å². The number of nitrogens with zero attached hydrogens (tertiary/aromatic N) is 3. The van der Waals surface area contributed by atoms with E-state index in [0.717, 1.165) is 5.56 Å². The van der Waals surface area contributed by atoms with Crippen molar-refractivity contribution in [2.24, 2.45) is 0 Å². The maximum atomic E-state index is 12.1. The number of nitro benzene ring substituents is 1. The number of nitro groups is 1. The Balaban J connectivity index is 1.96. The highest BCUT2D eigenvalue weighted by Gasteiger charge is 2.15. The summed E-state index contributed by atoms with van der Waals surface area (Å²) in [7, 11) is 3.33. The van der Waals surface area contributed by atoms with E-state index in [1.54, 1.807) is 38.4 Å². The second-order valence-electron chi connectivity index (χ2n) is 5.76. The largest absolute Gasteiger partial charge is 0.420 e. The van der Waals surface area contributed by atoms with Crippen LogP contribution in [-0.4, -0.2) is 34.4 Å². The SMILES string of the molecule is CN(C)C(=O)c1ccc(Cn2c(=O)oc3ccc([N+](=O)[O-])cc32)cc1. The first-order valence-electron chi connectivity index (χ1n) is 7.45. The summed E-state index contributed by atoms with van der Waals surface area (Å²) in [5, 5.41) is 10.9. The summed E-state index contributed by atoms with van der Waals surface area (Å²) in [6.07, 6.45) is 0. The first-order valence-corrected chi connectivity index (χ1v) is 7.45. The van der Waals surface area contributed by atoms with Gasteiger partial charge in [0.1, 0.15) is 0 Å². The van der Waals surface area contributed by atoms with Crippen molar-refractivity contribution in [3.05, 3.63) is 74.3 Å². The average molecular weight is 341 g/mol. The van der Waals surface area contributed by atoms with E-state index >= 15 is 0 Å². The molecule has 8 heteroatoms. The zero-order valence-electron chi connectivity index (χ0n) is 13.6. The van der Waals surface area contributed by atoms with Crippen LogP contribution in [0.5, 0.6) is 0 Å². The Hall–Kier alpha value is -3.42. The summed E-state index contributed by atoms with van der Waals surface area (Å²) in [5.74, 6) is -0.711. The molecule has 0 atom stereocenters. The summed E-state index contributed by atoms with van der Waals surface area (Å²) in [6, 6.07) is 10.8. The van der Waals surface area contributed by atoms with Crippen LogP contribution in [0.2, 0.25) is 0 Å². The fraction of sp³-hybridized carbons (Fsp3) is 0.176. The third kappa shape index (κ3) is 3.14. The highest BCUT2D eigenvalue weighted by atomic mass is 16.6. The minimum absolute atomic E-state index is 0.117. The van der Waals surface area contributed by atoms with Crippen LogP contribution in [0.25, 0.3) is 11.1 Å². The van der Waals surface area contributed by atoms with Crippen LogP contribution in [0.15, 0.2) is 51.7 Å². The van der Waals surface area contributed by atoms with E-state index in [1.165, 1.54) is 27.7 Å². The molecule has 0 saturated carbocycles. The highest BCUT2D eigenvalue weighted by Crippen LogP contribution is 2.21. The van der Waals surface area contributed by atoms with Gasteiger partial charge in [-0.25, -0.2) is 4.79 Å². The van der Waals surface area contributed by atoms with E-state index in [9.17, 15) is 19.7 Å². The van der Waals surface area contributed by atoms with Gasteiger partial charge in [-0.2, -0.15) is 0 Å². The lowest BCUT2D eigenvalue weighted by atomic mass is 10.1. The van der Waals surface area contributed by atoms with Gasteiger partial charge >= 0.3 is 5.76 Å². The number of carbonyl (C=O) groups is 1. The van der Waals surface area contributed by atoms with Gasteiger partial charge in [0, 0.05) is 31.8 Å². The van der Waals surface area contributed by atoms with Crippen LogP contribution in [-0.2, 0) is 6.54 Å². The molecule has 2 aromatic carbocycles. The number of benzene rings is 2. The predicted molar refractivity (Wildman–Crippen MR) is 90.7 cm³/mol. The molecule has 25 heavy (non-hydrogen) atoms. The fourth-order valence-electron chi connectivity index (χ4n) is 2.51. The molecular formula is C17H15N3O5. The van der Waals surface area contributed by atoms with Crippen LogP contribution in [0.4, 0.5) is 5.69 Å². The highest BCUT2D eigenvalue weighted by molar-refractivity contribution is 5.93. The minimum Gasteiger partial charge on any atom is -0.408 e. The molecule has 0 bridgehead atoms. The molecule has 0 N–H and O–H groups in total. The number of oxazole rings is 1. The Morgan fingerprint density at radius 3 is 2.48 bits per heavy atom. The molecule has 1 heterocycles. The van der Waals surface area contributed by atoms with Gasteiger partial charge in [0.05, 0.1) is 17.0 Å². The van der Waals surface area contributed by atoms with E-state index < -0.39 is 10.7 Å². The quantitative estimate of drug-likeness (QED) is 0.535. The molecule has 0 radical (unpaired) electrons. The Kier molecular flexibility index (Phi) is 4.10. The molecule has 8 nitrogen and oxygen atoms in total. The molecule has 0 aliphatic heterocycles. The molecule has 128 valence electrons. The molecule has 0 aliphatic rings. The zero-order chi connectivity index (χ0) is 18.1. The smallest absolute Gasteiger partial charge is 0.408 e. The van der Waals surface area contributed by atoms with Gasteiger partial charge in [-0.15, -0.1) is 0 Å². The lowest BCUT2D eigenvalue weighted by molar-refractivity contribution is -0.384. The number of carbonyl (C=O) groups excluding carboxylic acids is 1. The van der Waals surface area contributed by atoms with Crippen LogP contribution < -0.4 is 5.76 Å². The van der Waals surface area contributed by atoms with Gasteiger partial charge in [0.15, 0.2) is 5.58 Å². The second kappa shape index (κ2) is 6.23. The number of hydrogen-bond acceptors (Lipinski definition) is 5. The molecule has 0 fully saturated rings. The molecular weight excluding hydrogens is 326 g/mol. The molecule has 1 aromatic heterocycles. The maximum Gasteiger partial charge on any atom is 0.420 e. The lowest BCUT2D eigenvalue weighted by Crippen LogP contribution is -2.21. The second-order valence-corrected chi connectivity index (χ2v) is 5.76. The molecule has 0 aliphatic carbocycles. The number of non-ortho nitro benzene ring substituents is 1. The first kappa shape index (κ1) is 16.4. The standard InChI is InChI=1S/C17H15N3O5/c1-18(2)16(21)12-5-3-11(4-6-12)10-19-14-9-13(20(23)24)7-8-15(14)25-17(19)22/h3-9H,10H2,1-2H3. The monoisotopic (exact) mass is 341 g/mol. The van der Waals surface area contributed by atoms with Gasteiger partial charge in [-0.05, 0) is 23.8 Å². The Labute approximate surface area is 142 Å². The summed E-state index contributed by atoms with van der Waals surface area (Å²) in [5.41, 5.74) is 1.83. The van der Waals surface area contributed by atoms with E-state index in [0.29, 0.717) is 11.1 Å².